The van der Waals surface area contributed by atoms with Gasteiger partial charge in [0.2, 0.25) is 0 Å². The summed E-state index contributed by atoms with van der Waals surface area (Å²) >= 11 is 2.00. The Morgan fingerprint density at radius 1 is 1.19 bits per heavy atom. The number of rotatable bonds is 3. The summed E-state index contributed by atoms with van der Waals surface area (Å²) in [5, 5.41) is 9.85. The lowest BCUT2D eigenvalue weighted by molar-refractivity contribution is 0.173. The lowest BCUT2D eigenvalue weighted by atomic mass is 9.78. The summed E-state index contributed by atoms with van der Waals surface area (Å²) in [6, 6.07) is 11.1. The van der Waals surface area contributed by atoms with Crippen molar-refractivity contribution in [2.24, 2.45) is 10.5 Å². The van der Waals surface area contributed by atoms with Crippen LogP contribution in [0.15, 0.2) is 70.3 Å². The van der Waals surface area contributed by atoms with Crippen molar-refractivity contribution in [1.82, 2.24) is 25.0 Å². The van der Waals surface area contributed by atoms with E-state index in [1.807, 2.05) is 41.6 Å². The van der Waals surface area contributed by atoms with Crippen molar-refractivity contribution in [3.63, 3.8) is 0 Å². The van der Waals surface area contributed by atoms with Crippen LogP contribution in [0.2, 0.25) is 0 Å². The Morgan fingerprint density at radius 2 is 2.06 bits per heavy atom. The Kier molecular flexibility index (Phi) is 4.95. The van der Waals surface area contributed by atoms with E-state index in [9.17, 15) is 4.39 Å². The van der Waals surface area contributed by atoms with E-state index in [2.05, 4.69) is 38.7 Å². The van der Waals surface area contributed by atoms with Crippen molar-refractivity contribution < 1.29 is 8.91 Å². The molecule has 7 nitrogen and oxygen atoms in total. The average molecular weight is 501 g/mol. The Balaban J connectivity index is 1.31. The molecule has 4 aromatic rings. The summed E-state index contributed by atoms with van der Waals surface area (Å²) < 4.78 is 21.3. The number of piperidine rings is 1. The van der Waals surface area contributed by atoms with E-state index >= 15 is 0 Å². The molecule has 3 aliphatic heterocycles. The van der Waals surface area contributed by atoms with E-state index in [0.717, 1.165) is 63.8 Å². The Bertz CT molecular complexity index is 1520. The predicted octanol–water partition coefficient (Wildman–Crippen LogP) is 4.94. The Labute approximate surface area is 212 Å². The zero-order chi connectivity index (χ0) is 24.3. The van der Waals surface area contributed by atoms with Crippen LogP contribution in [0.25, 0.3) is 22.7 Å². The van der Waals surface area contributed by atoms with Crippen LogP contribution in [0.5, 0.6) is 0 Å². The molecule has 36 heavy (non-hydrogen) atoms. The number of aryl methyl sites for hydroxylation is 1. The molecule has 3 aliphatic rings. The van der Waals surface area contributed by atoms with Crippen LogP contribution in [-0.4, -0.2) is 50.0 Å². The number of aromatic nitrogens is 3. The number of thioether (sulfide) groups is 1. The number of nitrogens with one attached hydrogen (secondary N) is 1. The van der Waals surface area contributed by atoms with Crippen molar-refractivity contribution >= 4 is 34.6 Å². The maximum atomic E-state index is 13.6. The molecule has 1 atom stereocenters. The first-order chi connectivity index (χ1) is 17.6. The van der Waals surface area contributed by atoms with E-state index in [-0.39, 0.29) is 17.3 Å². The summed E-state index contributed by atoms with van der Waals surface area (Å²) in [7, 11) is 0. The first-order valence-electron chi connectivity index (χ1n) is 12.1. The summed E-state index contributed by atoms with van der Waals surface area (Å²) in [5.74, 6) is 3.03. The predicted molar refractivity (Wildman–Crippen MR) is 140 cm³/mol. The second kappa shape index (κ2) is 8.23. The van der Waals surface area contributed by atoms with Crippen molar-refractivity contribution in [3.8, 4) is 5.69 Å². The van der Waals surface area contributed by atoms with Gasteiger partial charge in [-0.1, -0.05) is 23.4 Å². The number of benzene rings is 2. The first-order valence-corrected chi connectivity index (χ1v) is 13.2. The number of fused-ring (bicyclic) bond motifs is 2. The molecule has 0 aliphatic carbocycles. The summed E-state index contributed by atoms with van der Waals surface area (Å²) in [6.45, 7) is 3.62. The maximum Gasteiger partial charge on any atom is 0.191 e. The third-order valence-electron chi connectivity index (χ3n) is 7.40. The van der Waals surface area contributed by atoms with Crippen molar-refractivity contribution in [2.75, 3.05) is 24.6 Å². The number of hydrogen-bond donors (Lipinski definition) is 1. The topological polar surface area (TPSA) is 71.5 Å². The highest BCUT2D eigenvalue weighted by Crippen LogP contribution is 2.49. The third-order valence-corrected chi connectivity index (χ3v) is 9.03. The van der Waals surface area contributed by atoms with Crippen molar-refractivity contribution in [2.45, 2.75) is 19.4 Å². The number of imidazole rings is 1. The van der Waals surface area contributed by atoms with Gasteiger partial charge in [-0.25, -0.2) is 9.37 Å². The van der Waals surface area contributed by atoms with Crippen LogP contribution in [0.1, 0.15) is 29.3 Å². The van der Waals surface area contributed by atoms with Gasteiger partial charge >= 0.3 is 0 Å². The second-order valence-corrected chi connectivity index (χ2v) is 11.0. The minimum absolute atomic E-state index is 0.103. The molecule has 9 heteroatoms. The molecule has 2 aromatic carbocycles. The van der Waals surface area contributed by atoms with E-state index in [1.165, 1.54) is 5.57 Å². The number of amidine groups is 1. The van der Waals surface area contributed by atoms with Gasteiger partial charge in [-0.2, -0.15) is 16.9 Å². The smallest absolute Gasteiger partial charge is 0.191 e. The first kappa shape index (κ1) is 21.7. The van der Waals surface area contributed by atoms with Crippen LogP contribution in [0.4, 0.5) is 4.39 Å². The van der Waals surface area contributed by atoms with E-state index in [1.54, 1.807) is 24.7 Å². The standard InChI is InChI=1S/C27H25FN6OS/c1-17-12-33(16-29-17)23-7-4-19(22-10-31-35-25(22)23)8-20-9-27(14-36-15-27)13-34-24(11-30-32-26(20)34)18-2-5-21(28)6-3-18/h2-8,10,12,16,24,30H,9,11,13-15H2,1H3/b20-8+. The Hall–Kier alpha value is -3.59. The van der Waals surface area contributed by atoms with Gasteiger partial charge in [0.25, 0.3) is 0 Å². The van der Waals surface area contributed by atoms with Crippen molar-refractivity contribution in [1.29, 1.82) is 0 Å². The van der Waals surface area contributed by atoms with Gasteiger partial charge in [0.1, 0.15) is 5.82 Å². The number of nitrogens with zero attached hydrogens (tertiary/aromatic N) is 5. The fourth-order valence-electron chi connectivity index (χ4n) is 5.59. The highest BCUT2D eigenvalue weighted by molar-refractivity contribution is 8.00. The lowest BCUT2D eigenvalue weighted by Gasteiger charge is -2.53. The average Bonchev–Trinajstić information content (AvgIpc) is 3.53. The molecule has 0 saturated carbocycles. The van der Waals surface area contributed by atoms with Crippen LogP contribution in [-0.2, 0) is 0 Å². The third kappa shape index (κ3) is 3.52. The van der Waals surface area contributed by atoms with Gasteiger partial charge in [0.15, 0.2) is 11.4 Å². The zero-order valence-electron chi connectivity index (χ0n) is 19.8. The van der Waals surface area contributed by atoms with E-state index < -0.39 is 0 Å². The summed E-state index contributed by atoms with van der Waals surface area (Å²) in [5.41, 5.74) is 9.43. The minimum Gasteiger partial charge on any atom is -0.354 e. The largest absolute Gasteiger partial charge is 0.354 e. The summed E-state index contributed by atoms with van der Waals surface area (Å²) in [6.07, 6.45) is 8.77. The Morgan fingerprint density at radius 3 is 2.81 bits per heavy atom. The van der Waals surface area contributed by atoms with Gasteiger partial charge in [-0.05, 0) is 54.3 Å². The molecule has 1 spiro atoms. The van der Waals surface area contributed by atoms with E-state index in [4.69, 9.17) is 9.62 Å². The molecular formula is C27H25FN6OS. The van der Waals surface area contributed by atoms with Crippen molar-refractivity contribution in [3.05, 3.63) is 83.3 Å². The maximum absolute atomic E-state index is 13.6. The van der Waals surface area contributed by atoms with Crippen LogP contribution >= 0.6 is 11.8 Å². The fraction of sp³-hybridized carbons (Fsp3) is 0.296. The second-order valence-electron chi connectivity index (χ2n) is 10.00. The molecule has 2 aromatic heterocycles. The SMILES string of the molecule is Cc1cn(-c2ccc(/C=C3\CC4(CSC4)CN4C3=NNCC4c3ccc(F)cc3)c3cnoc23)cn1. The number of halogens is 1. The molecule has 182 valence electrons. The quantitative estimate of drug-likeness (QED) is 0.430. The molecule has 1 N–H and O–H groups in total. The molecule has 7 rings (SSSR count). The fourth-order valence-corrected chi connectivity index (χ4v) is 6.76. The van der Waals surface area contributed by atoms with Gasteiger partial charge in [0.05, 0.1) is 41.9 Å². The molecule has 1 unspecified atom stereocenters. The molecule has 0 radical (unpaired) electrons. The van der Waals surface area contributed by atoms with Gasteiger partial charge in [-0.15, -0.1) is 0 Å². The minimum atomic E-state index is -0.213. The molecule has 0 bridgehead atoms. The van der Waals surface area contributed by atoms with Gasteiger partial charge < -0.3 is 19.4 Å². The summed E-state index contributed by atoms with van der Waals surface area (Å²) in [4.78, 5) is 6.77. The molecule has 0 amide bonds. The van der Waals surface area contributed by atoms with Gasteiger partial charge in [0, 0.05) is 29.7 Å². The highest BCUT2D eigenvalue weighted by Gasteiger charge is 2.47. The monoisotopic (exact) mass is 500 g/mol. The molecule has 2 saturated heterocycles. The number of hydrogen-bond acceptors (Lipinski definition) is 7. The highest BCUT2D eigenvalue weighted by atomic mass is 32.2. The normalized spacial score (nSPS) is 21.8. The van der Waals surface area contributed by atoms with Gasteiger partial charge in [-0.3, -0.25) is 0 Å². The number of hydrazone groups is 1. The van der Waals surface area contributed by atoms with Crippen LogP contribution in [0, 0.1) is 18.2 Å². The van der Waals surface area contributed by atoms with Crippen LogP contribution in [0.3, 0.4) is 0 Å². The zero-order valence-corrected chi connectivity index (χ0v) is 20.6. The lowest BCUT2D eigenvalue weighted by Crippen LogP contribution is -2.57. The molecule has 5 heterocycles. The van der Waals surface area contributed by atoms with Crippen LogP contribution < -0.4 is 5.43 Å². The van der Waals surface area contributed by atoms with E-state index in [0.29, 0.717) is 6.54 Å². The molecule has 2 fully saturated rings. The molecular weight excluding hydrogens is 475 g/mol.